The van der Waals surface area contributed by atoms with Crippen molar-refractivity contribution in [2.75, 3.05) is 11.9 Å². The molecule has 3 rings (SSSR count). The lowest BCUT2D eigenvalue weighted by Crippen LogP contribution is -2.18. The summed E-state index contributed by atoms with van der Waals surface area (Å²) >= 11 is 0. The molecule has 0 aliphatic heterocycles. The van der Waals surface area contributed by atoms with Gasteiger partial charge in [0.2, 0.25) is 0 Å². The van der Waals surface area contributed by atoms with Crippen molar-refractivity contribution in [2.24, 2.45) is 17.8 Å². The minimum absolute atomic E-state index is 0.161. The molecule has 2 bridgehead atoms. The van der Waals surface area contributed by atoms with Gasteiger partial charge in [0.1, 0.15) is 5.82 Å². The van der Waals surface area contributed by atoms with E-state index in [-0.39, 0.29) is 5.82 Å². The Balaban J connectivity index is 1.64. The number of anilines is 1. The van der Waals surface area contributed by atoms with Crippen LogP contribution in [-0.2, 0) is 0 Å². The number of fused-ring (bicyclic) bond motifs is 2. The molecular formula is C15H18FN. The first kappa shape index (κ1) is 10.8. The standard InChI is InChI=1S/C15H18FN/c1-10-2-5-14(16)8-15(10)17-9-13-7-11-3-4-12(13)6-11/h2-5,8,11-13,17H,6-7,9H2,1H3. The van der Waals surface area contributed by atoms with E-state index in [1.807, 2.05) is 13.0 Å². The molecule has 3 unspecified atom stereocenters. The smallest absolute Gasteiger partial charge is 0.125 e. The molecule has 0 heterocycles. The maximum Gasteiger partial charge on any atom is 0.125 e. The summed E-state index contributed by atoms with van der Waals surface area (Å²) in [5.74, 6) is 2.13. The summed E-state index contributed by atoms with van der Waals surface area (Å²) < 4.78 is 13.1. The first-order valence-corrected chi connectivity index (χ1v) is 6.41. The highest BCUT2D eigenvalue weighted by atomic mass is 19.1. The lowest BCUT2D eigenvalue weighted by Gasteiger charge is -2.20. The summed E-state index contributed by atoms with van der Waals surface area (Å²) in [6.45, 7) is 2.98. The summed E-state index contributed by atoms with van der Waals surface area (Å²) in [6.07, 6.45) is 7.34. The predicted octanol–water partition coefficient (Wildman–Crippen LogP) is 3.76. The van der Waals surface area contributed by atoms with E-state index in [1.54, 1.807) is 6.07 Å². The van der Waals surface area contributed by atoms with Crippen molar-refractivity contribution in [3.8, 4) is 0 Å². The third-order valence-electron chi connectivity index (χ3n) is 4.17. The number of halogens is 1. The Labute approximate surface area is 102 Å². The molecule has 90 valence electrons. The molecule has 2 heteroatoms. The normalized spacial score (nSPS) is 29.9. The molecule has 0 radical (unpaired) electrons. The fourth-order valence-corrected chi connectivity index (χ4v) is 3.16. The number of hydrogen-bond donors (Lipinski definition) is 1. The van der Waals surface area contributed by atoms with Crippen molar-refractivity contribution >= 4 is 5.69 Å². The van der Waals surface area contributed by atoms with E-state index in [0.717, 1.165) is 35.5 Å². The van der Waals surface area contributed by atoms with Crippen LogP contribution in [0.2, 0.25) is 0 Å². The molecule has 0 aromatic heterocycles. The van der Waals surface area contributed by atoms with E-state index < -0.39 is 0 Å². The number of aryl methyl sites for hydroxylation is 1. The SMILES string of the molecule is Cc1ccc(F)cc1NCC1CC2C=CC1C2. The molecule has 0 saturated heterocycles. The lowest BCUT2D eigenvalue weighted by atomic mass is 9.93. The number of hydrogen-bond acceptors (Lipinski definition) is 1. The molecule has 3 atom stereocenters. The monoisotopic (exact) mass is 231 g/mol. The van der Waals surface area contributed by atoms with Gasteiger partial charge in [0.15, 0.2) is 0 Å². The topological polar surface area (TPSA) is 12.0 Å². The Morgan fingerprint density at radius 1 is 1.29 bits per heavy atom. The van der Waals surface area contributed by atoms with E-state index in [1.165, 1.54) is 18.9 Å². The molecule has 1 nitrogen and oxygen atoms in total. The van der Waals surface area contributed by atoms with Crippen LogP contribution in [0.5, 0.6) is 0 Å². The van der Waals surface area contributed by atoms with Crippen molar-refractivity contribution in [1.29, 1.82) is 0 Å². The quantitative estimate of drug-likeness (QED) is 0.781. The molecule has 1 aromatic rings. The summed E-state index contributed by atoms with van der Waals surface area (Å²) in [6, 6.07) is 4.94. The van der Waals surface area contributed by atoms with E-state index in [0.29, 0.717) is 0 Å². The van der Waals surface area contributed by atoms with E-state index in [4.69, 9.17) is 0 Å². The molecular weight excluding hydrogens is 213 g/mol. The van der Waals surface area contributed by atoms with Crippen LogP contribution in [0.15, 0.2) is 30.4 Å². The molecule has 0 spiro atoms. The second kappa shape index (κ2) is 4.17. The number of rotatable bonds is 3. The highest BCUT2D eigenvalue weighted by Gasteiger charge is 2.35. The molecule has 1 N–H and O–H groups in total. The molecule has 2 aliphatic carbocycles. The molecule has 1 aromatic carbocycles. The van der Waals surface area contributed by atoms with Crippen molar-refractivity contribution in [1.82, 2.24) is 0 Å². The van der Waals surface area contributed by atoms with Crippen LogP contribution in [0.3, 0.4) is 0 Å². The van der Waals surface area contributed by atoms with Gasteiger partial charge >= 0.3 is 0 Å². The van der Waals surface area contributed by atoms with E-state index in [2.05, 4.69) is 17.5 Å². The van der Waals surface area contributed by atoms with Crippen LogP contribution in [0.25, 0.3) is 0 Å². The second-order valence-electron chi connectivity index (χ2n) is 5.38. The van der Waals surface area contributed by atoms with Gasteiger partial charge in [0.25, 0.3) is 0 Å². The van der Waals surface area contributed by atoms with E-state index in [9.17, 15) is 4.39 Å². The summed E-state index contributed by atoms with van der Waals surface area (Å²) in [5.41, 5.74) is 2.06. The van der Waals surface area contributed by atoms with Crippen LogP contribution in [0.1, 0.15) is 18.4 Å². The zero-order chi connectivity index (χ0) is 11.8. The Morgan fingerprint density at radius 3 is 2.88 bits per heavy atom. The van der Waals surface area contributed by atoms with Crippen LogP contribution in [0, 0.1) is 30.5 Å². The lowest BCUT2D eigenvalue weighted by molar-refractivity contribution is 0.471. The van der Waals surface area contributed by atoms with Gasteiger partial charge in [0, 0.05) is 12.2 Å². The first-order chi connectivity index (χ1) is 8.22. The molecule has 17 heavy (non-hydrogen) atoms. The van der Waals surface area contributed by atoms with Crippen molar-refractivity contribution < 1.29 is 4.39 Å². The van der Waals surface area contributed by atoms with Gasteiger partial charge in [-0.25, -0.2) is 4.39 Å². The fourth-order valence-electron chi connectivity index (χ4n) is 3.16. The molecule has 2 aliphatic rings. The number of benzene rings is 1. The second-order valence-corrected chi connectivity index (χ2v) is 5.38. The maximum absolute atomic E-state index is 13.1. The van der Waals surface area contributed by atoms with Crippen molar-refractivity contribution in [2.45, 2.75) is 19.8 Å². The first-order valence-electron chi connectivity index (χ1n) is 6.41. The average Bonchev–Trinajstić information content (AvgIpc) is 2.92. The molecule has 1 fully saturated rings. The summed E-state index contributed by atoms with van der Waals surface area (Å²) in [4.78, 5) is 0. The largest absolute Gasteiger partial charge is 0.384 e. The fraction of sp³-hybridized carbons (Fsp3) is 0.467. The number of allylic oxidation sites excluding steroid dienone is 2. The Hall–Kier alpha value is -1.31. The Morgan fingerprint density at radius 2 is 2.18 bits per heavy atom. The van der Waals surface area contributed by atoms with Crippen LogP contribution in [-0.4, -0.2) is 6.54 Å². The predicted molar refractivity (Wildman–Crippen MR) is 68.5 cm³/mol. The molecule has 0 amide bonds. The minimum Gasteiger partial charge on any atom is -0.384 e. The van der Waals surface area contributed by atoms with Crippen molar-refractivity contribution in [3.05, 3.63) is 41.7 Å². The van der Waals surface area contributed by atoms with Gasteiger partial charge < -0.3 is 5.32 Å². The molecule has 1 saturated carbocycles. The van der Waals surface area contributed by atoms with Gasteiger partial charge in [-0.3, -0.25) is 0 Å². The van der Waals surface area contributed by atoms with E-state index >= 15 is 0 Å². The number of nitrogens with one attached hydrogen (secondary N) is 1. The minimum atomic E-state index is -0.161. The van der Waals surface area contributed by atoms with Gasteiger partial charge in [-0.1, -0.05) is 18.2 Å². The summed E-state index contributed by atoms with van der Waals surface area (Å²) in [7, 11) is 0. The van der Waals surface area contributed by atoms with Gasteiger partial charge in [0.05, 0.1) is 0 Å². The van der Waals surface area contributed by atoms with Gasteiger partial charge in [-0.15, -0.1) is 0 Å². The maximum atomic E-state index is 13.1. The van der Waals surface area contributed by atoms with Gasteiger partial charge in [-0.05, 0) is 55.2 Å². The third-order valence-corrected chi connectivity index (χ3v) is 4.17. The van der Waals surface area contributed by atoms with Crippen LogP contribution >= 0.6 is 0 Å². The van der Waals surface area contributed by atoms with Crippen LogP contribution in [0.4, 0.5) is 10.1 Å². The summed E-state index contributed by atoms with van der Waals surface area (Å²) in [5, 5.41) is 3.41. The Bertz CT molecular complexity index is 452. The van der Waals surface area contributed by atoms with Gasteiger partial charge in [-0.2, -0.15) is 0 Å². The zero-order valence-corrected chi connectivity index (χ0v) is 10.1. The highest BCUT2D eigenvalue weighted by molar-refractivity contribution is 5.50. The highest BCUT2D eigenvalue weighted by Crippen LogP contribution is 2.43. The average molecular weight is 231 g/mol. The van der Waals surface area contributed by atoms with Crippen molar-refractivity contribution in [3.63, 3.8) is 0 Å². The zero-order valence-electron chi connectivity index (χ0n) is 10.1. The Kier molecular flexibility index (Phi) is 2.65. The third kappa shape index (κ3) is 2.08. The van der Waals surface area contributed by atoms with Crippen LogP contribution < -0.4 is 5.32 Å².